The number of fused-ring (bicyclic) bond motifs is 1. The third kappa shape index (κ3) is 4.02. The number of para-hydroxylation sites is 2. The Bertz CT molecular complexity index is 1150. The minimum atomic E-state index is -0.259. The number of aromatic nitrogens is 1. The Morgan fingerprint density at radius 2 is 1.80 bits per heavy atom. The summed E-state index contributed by atoms with van der Waals surface area (Å²) < 4.78 is 1.86. The highest BCUT2D eigenvalue weighted by molar-refractivity contribution is 8.18. The Morgan fingerprint density at radius 3 is 2.57 bits per heavy atom. The summed E-state index contributed by atoms with van der Waals surface area (Å²) in [4.78, 5) is 38.9. The normalized spacial score (nSPS) is 15.4. The van der Waals surface area contributed by atoms with E-state index in [1.54, 1.807) is 6.08 Å². The van der Waals surface area contributed by atoms with Crippen molar-refractivity contribution in [1.29, 1.82) is 0 Å². The highest BCUT2D eigenvalue weighted by Crippen LogP contribution is 2.34. The molecule has 3 aromatic rings. The van der Waals surface area contributed by atoms with E-state index in [9.17, 15) is 14.4 Å². The first kappa shape index (κ1) is 20.0. The molecular weight excluding hydrogens is 398 g/mol. The molecule has 7 heteroatoms. The van der Waals surface area contributed by atoms with Crippen LogP contribution in [0.1, 0.15) is 18.9 Å². The van der Waals surface area contributed by atoms with Crippen molar-refractivity contribution in [2.24, 2.45) is 0 Å². The third-order valence-corrected chi connectivity index (χ3v) is 5.71. The van der Waals surface area contributed by atoms with E-state index in [0.717, 1.165) is 40.3 Å². The molecule has 3 amide bonds. The van der Waals surface area contributed by atoms with Crippen LogP contribution in [-0.4, -0.2) is 33.1 Å². The minimum Gasteiger partial charge on any atom is -0.337 e. The molecule has 0 saturated carbocycles. The number of rotatable bonds is 6. The smallest absolute Gasteiger partial charge is 0.293 e. The SMILES string of the molecule is CCCN1C(=O)S/C(=C/c2cn(CC(=O)Nc3ccccc3)c3ccccc23)C1=O. The average Bonchev–Trinajstić information content (AvgIpc) is 3.21. The summed E-state index contributed by atoms with van der Waals surface area (Å²) in [6.07, 6.45) is 4.32. The van der Waals surface area contributed by atoms with Gasteiger partial charge in [0.25, 0.3) is 11.1 Å². The fourth-order valence-electron chi connectivity index (χ4n) is 3.46. The number of imide groups is 1. The van der Waals surface area contributed by atoms with Crippen LogP contribution in [0.4, 0.5) is 10.5 Å². The van der Waals surface area contributed by atoms with Crippen LogP contribution in [0.2, 0.25) is 0 Å². The molecule has 1 saturated heterocycles. The van der Waals surface area contributed by atoms with Gasteiger partial charge in [-0.3, -0.25) is 19.3 Å². The van der Waals surface area contributed by atoms with Crippen molar-refractivity contribution in [2.45, 2.75) is 19.9 Å². The zero-order valence-corrected chi connectivity index (χ0v) is 17.3. The van der Waals surface area contributed by atoms with Gasteiger partial charge in [0.2, 0.25) is 5.91 Å². The van der Waals surface area contributed by atoms with Gasteiger partial charge in [-0.15, -0.1) is 0 Å². The highest BCUT2D eigenvalue weighted by Gasteiger charge is 2.34. The summed E-state index contributed by atoms with van der Waals surface area (Å²) in [7, 11) is 0. The predicted octanol–water partition coefficient (Wildman–Crippen LogP) is 4.73. The quantitative estimate of drug-likeness (QED) is 0.587. The van der Waals surface area contributed by atoms with Crippen molar-refractivity contribution >= 4 is 51.5 Å². The first-order valence-electron chi connectivity index (χ1n) is 9.75. The lowest BCUT2D eigenvalue weighted by Crippen LogP contribution is -2.28. The minimum absolute atomic E-state index is 0.139. The summed E-state index contributed by atoms with van der Waals surface area (Å²) >= 11 is 0.960. The zero-order chi connectivity index (χ0) is 21.1. The Hall–Kier alpha value is -3.32. The van der Waals surface area contributed by atoms with Crippen molar-refractivity contribution in [2.75, 3.05) is 11.9 Å². The molecule has 2 heterocycles. The maximum absolute atomic E-state index is 12.6. The van der Waals surface area contributed by atoms with Gasteiger partial charge in [-0.25, -0.2) is 0 Å². The fourth-order valence-corrected chi connectivity index (χ4v) is 4.31. The molecule has 0 spiro atoms. The largest absolute Gasteiger partial charge is 0.337 e. The van der Waals surface area contributed by atoms with Crippen molar-refractivity contribution in [3.8, 4) is 0 Å². The van der Waals surface area contributed by atoms with E-state index in [1.165, 1.54) is 4.90 Å². The van der Waals surface area contributed by atoms with Crippen LogP contribution in [0.3, 0.4) is 0 Å². The third-order valence-electron chi connectivity index (χ3n) is 4.80. The molecule has 152 valence electrons. The Kier molecular flexibility index (Phi) is 5.72. The van der Waals surface area contributed by atoms with Crippen LogP contribution < -0.4 is 5.32 Å². The van der Waals surface area contributed by atoms with Gasteiger partial charge in [0.15, 0.2) is 0 Å². The standard InChI is InChI=1S/C23H21N3O3S/c1-2-12-26-22(28)20(30-23(26)29)13-16-14-25(19-11-7-6-10-18(16)19)15-21(27)24-17-8-4-3-5-9-17/h3-11,13-14H,2,12,15H2,1H3,(H,24,27)/b20-13+. The molecule has 0 aliphatic carbocycles. The van der Waals surface area contributed by atoms with Crippen LogP contribution in [-0.2, 0) is 16.1 Å². The zero-order valence-electron chi connectivity index (χ0n) is 16.5. The van der Waals surface area contributed by atoms with E-state index in [1.807, 2.05) is 72.3 Å². The summed E-state index contributed by atoms with van der Waals surface area (Å²) in [5, 5.41) is 3.57. The van der Waals surface area contributed by atoms with Crippen molar-refractivity contribution in [3.05, 3.63) is 71.3 Å². The van der Waals surface area contributed by atoms with Crippen molar-refractivity contribution in [1.82, 2.24) is 9.47 Å². The van der Waals surface area contributed by atoms with Gasteiger partial charge in [-0.05, 0) is 42.5 Å². The molecule has 1 aliphatic rings. The molecule has 2 aromatic carbocycles. The van der Waals surface area contributed by atoms with Gasteiger partial charge in [0.05, 0.1) is 4.91 Å². The van der Waals surface area contributed by atoms with Gasteiger partial charge in [-0.2, -0.15) is 0 Å². The first-order chi connectivity index (χ1) is 14.6. The maximum Gasteiger partial charge on any atom is 0.293 e. The van der Waals surface area contributed by atoms with Crippen LogP contribution in [0.15, 0.2) is 65.7 Å². The number of benzene rings is 2. The van der Waals surface area contributed by atoms with Crippen LogP contribution in [0.5, 0.6) is 0 Å². The molecular formula is C23H21N3O3S. The number of nitrogens with zero attached hydrogens (tertiary/aromatic N) is 2. The average molecular weight is 420 g/mol. The van der Waals surface area contributed by atoms with Crippen LogP contribution in [0.25, 0.3) is 17.0 Å². The second-order valence-corrected chi connectivity index (χ2v) is 7.97. The van der Waals surface area contributed by atoms with E-state index in [0.29, 0.717) is 11.4 Å². The summed E-state index contributed by atoms with van der Waals surface area (Å²) in [5.74, 6) is -0.401. The predicted molar refractivity (Wildman–Crippen MR) is 120 cm³/mol. The number of carbonyl (C=O) groups is 3. The van der Waals surface area contributed by atoms with E-state index in [2.05, 4.69) is 5.32 Å². The van der Waals surface area contributed by atoms with Gasteiger partial charge in [0, 0.05) is 34.9 Å². The molecule has 6 nitrogen and oxygen atoms in total. The van der Waals surface area contributed by atoms with Gasteiger partial charge < -0.3 is 9.88 Å². The first-order valence-corrected chi connectivity index (χ1v) is 10.6. The summed E-state index contributed by atoms with van der Waals surface area (Å²) in [6, 6.07) is 17.0. The van der Waals surface area contributed by atoms with E-state index < -0.39 is 0 Å². The van der Waals surface area contributed by atoms with Crippen molar-refractivity contribution in [3.63, 3.8) is 0 Å². The van der Waals surface area contributed by atoms with E-state index in [4.69, 9.17) is 0 Å². The lowest BCUT2D eigenvalue weighted by Gasteiger charge is -2.09. The molecule has 30 heavy (non-hydrogen) atoms. The summed E-state index contributed by atoms with van der Waals surface area (Å²) in [5.41, 5.74) is 2.43. The van der Waals surface area contributed by atoms with Crippen LogP contribution in [0, 0.1) is 0 Å². The van der Waals surface area contributed by atoms with Crippen LogP contribution >= 0.6 is 11.8 Å². The fraction of sp³-hybridized carbons (Fsp3) is 0.174. The number of hydrogen-bond donors (Lipinski definition) is 1. The lowest BCUT2D eigenvalue weighted by atomic mass is 10.1. The summed E-state index contributed by atoms with van der Waals surface area (Å²) in [6.45, 7) is 2.49. The monoisotopic (exact) mass is 419 g/mol. The molecule has 0 radical (unpaired) electrons. The van der Waals surface area contributed by atoms with Crippen molar-refractivity contribution < 1.29 is 14.4 Å². The Morgan fingerprint density at radius 1 is 1.07 bits per heavy atom. The Labute approximate surface area is 178 Å². The molecule has 0 bridgehead atoms. The van der Waals surface area contributed by atoms with Gasteiger partial charge in [0.1, 0.15) is 6.54 Å². The number of anilines is 1. The Balaban J connectivity index is 1.62. The molecule has 4 rings (SSSR count). The molecule has 1 fully saturated rings. The molecule has 1 N–H and O–H groups in total. The molecule has 0 unspecified atom stereocenters. The van der Waals surface area contributed by atoms with E-state index >= 15 is 0 Å². The van der Waals surface area contributed by atoms with Gasteiger partial charge in [-0.1, -0.05) is 43.3 Å². The highest BCUT2D eigenvalue weighted by atomic mass is 32.2. The van der Waals surface area contributed by atoms with E-state index in [-0.39, 0.29) is 23.6 Å². The number of hydrogen-bond acceptors (Lipinski definition) is 4. The second-order valence-electron chi connectivity index (χ2n) is 6.98. The molecule has 0 atom stereocenters. The number of nitrogens with one attached hydrogen (secondary N) is 1. The number of thioether (sulfide) groups is 1. The molecule has 1 aromatic heterocycles. The topological polar surface area (TPSA) is 71.4 Å². The number of amides is 3. The second kappa shape index (κ2) is 8.59. The van der Waals surface area contributed by atoms with Gasteiger partial charge >= 0.3 is 0 Å². The number of carbonyl (C=O) groups excluding carboxylic acids is 3. The lowest BCUT2D eigenvalue weighted by molar-refractivity contribution is -0.122. The maximum atomic E-state index is 12.6. The molecule has 1 aliphatic heterocycles.